The molecule has 30 heavy (non-hydrogen) atoms. The summed E-state index contributed by atoms with van der Waals surface area (Å²) in [7, 11) is 1.56. The maximum absolute atomic E-state index is 14.3. The molecule has 4 aromatic rings. The van der Waals surface area contributed by atoms with Gasteiger partial charge in [-0.3, -0.25) is 4.79 Å². The fourth-order valence-corrected chi connectivity index (χ4v) is 3.20. The van der Waals surface area contributed by atoms with Gasteiger partial charge >= 0.3 is 0 Å². The number of benzene rings is 3. The Kier molecular flexibility index (Phi) is 5.30. The smallest absolute Gasteiger partial charge is 0.259 e. The quantitative estimate of drug-likeness (QED) is 0.497. The van der Waals surface area contributed by atoms with Crippen molar-refractivity contribution in [3.05, 3.63) is 95.9 Å². The van der Waals surface area contributed by atoms with Gasteiger partial charge in [0.2, 0.25) is 0 Å². The second kappa shape index (κ2) is 8.21. The van der Waals surface area contributed by atoms with Crippen molar-refractivity contribution in [1.82, 2.24) is 9.78 Å². The number of halogens is 1. The lowest BCUT2D eigenvalue weighted by molar-refractivity contribution is 0.102. The molecule has 4 rings (SSSR count). The van der Waals surface area contributed by atoms with Crippen LogP contribution in [0.4, 0.5) is 10.1 Å². The van der Waals surface area contributed by atoms with Crippen LogP contribution < -0.4 is 10.1 Å². The van der Waals surface area contributed by atoms with Gasteiger partial charge in [-0.2, -0.15) is 5.10 Å². The lowest BCUT2D eigenvalue weighted by Gasteiger charge is -2.09. The lowest BCUT2D eigenvalue weighted by Crippen LogP contribution is -2.13. The first kappa shape index (κ1) is 19.4. The average Bonchev–Trinajstić information content (AvgIpc) is 3.22. The van der Waals surface area contributed by atoms with E-state index in [-0.39, 0.29) is 5.69 Å². The van der Waals surface area contributed by atoms with E-state index in [2.05, 4.69) is 10.4 Å². The summed E-state index contributed by atoms with van der Waals surface area (Å²) in [6.45, 7) is 1.79. The Labute approximate surface area is 173 Å². The second-order valence-corrected chi connectivity index (χ2v) is 6.81. The van der Waals surface area contributed by atoms with Crippen molar-refractivity contribution >= 4 is 11.6 Å². The highest BCUT2D eigenvalue weighted by atomic mass is 19.1. The first-order valence-corrected chi connectivity index (χ1v) is 9.43. The van der Waals surface area contributed by atoms with Crippen molar-refractivity contribution in [2.45, 2.75) is 6.92 Å². The molecule has 0 atom stereocenters. The molecule has 0 aliphatic rings. The summed E-state index contributed by atoms with van der Waals surface area (Å²) < 4.78 is 21.4. The molecule has 5 nitrogen and oxygen atoms in total. The Hall–Kier alpha value is -3.93. The molecule has 0 radical (unpaired) electrons. The Morgan fingerprint density at radius 2 is 1.77 bits per heavy atom. The molecule has 1 aromatic heterocycles. The first-order chi connectivity index (χ1) is 14.6. The van der Waals surface area contributed by atoms with Crippen LogP contribution in [0.2, 0.25) is 0 Å². The Morgan fingerprint density at radius 1 is 1.03 bits per heavy atom. The minimum Gasteiger partial charge on any atom is -0.496 e. The largest absolute Gasteiger partial charge is 0.496 e. The van der Waals surface area contributed by atoms with Crippen molar-refractivity contribution < 1.29 is 13.9 Å². The Morgan fingerprint density at radius 3 is 2.50 bits per heavy atom. The van der Waals surface area contributed by atoms with Crippen LogP contribution in [0.3, 0.4) is 0 Å². The summed E-state index contributed by atoms with van der Waals surface area (Å²) in [5.41, 5.74) is 3.12. The Balaban J connectivity index is 1.81. The normalized spacial score (nSPS) is 10.6. The molecule has 0 aliphatic carbocycles. The number of nitrogens with one attached hydrogen (secondary N) is 1. The molecule has 0 fully saturated rings. The number of carbonyl (C=O) groups is 1. The van der Waals surface area contributed by atoms with Crippen LogP contribution in [0.15, 0.2) is 79.0 Å². The van der Waals surface area contributed by atoms with Crippen molar-refractivity contribution in [3.8, 4) is 22.7 Å². The van der Waals surface area contributed by atoms with E-state index in [0.717, 1.165) is 11.3 Å². The number of ether oxygens (including phenoxy) is 1. The maximum atomic E-state index is 14.3. The zero-order valence-corrected chi connectivity index (χ0v) is 16.6. The number of hydrogen-bond acceptors (Lipinski definition) is 3. The van der Waals surface area contributed by atoms with Gasteiger partial charge in [0.05, 0.1) is 24.0 Å². The monoisotopic (exact) mass is 401 g/mol. The number of methoxy groups -OCH3 is 1. The predicted octanol–water partition coefficient (Wildman–Crippen LogP) is 5.25. The van der Waals surface area contributed by atoms with Crippen LogP contribution in [-0.4, -0.2) is 22.8 Å². The highest BCUT2D eigenvalue weighted by Gasteiger charge is 2.22. The molecule has 1 amide bonds. The molecular weight excluding hydrogens is 381 g/mol. The number of anilines is 1. The van der Waals surface area contributed by atoms with Crippen molar-refractivity contribution in [2.75, 3.05) is 12.4 Å². The molecule has 0 aliphatic heterocycles. The van der Waals surface area contributed by atoms with Crippen LogP contribution in [0.5, 0.6) is 5.75 Å². The lowest BCUT2D eigenvalue weighted by atomic mass is 10.1. The third kappa shape index (κ3) is 3.80. The van der Waals surface area contributed by atoms with Gasteiger partial charge in [0, 0.05) is 11.8 Å². The summed E-state index contributed by atoms with van der Waals surface area (Å²) in [4.78, 5) is 13.1. The molecule has 1 heterocycles. The SMILES string of the molecule is COc1ccccc1-c1nn(-c2ccccc2)cc1C(=O)Nc1ccc(C)cc1F. The molecule has 1 N–H and O–H groups in total. The van der Waals surface area contributed by atoms with Gasteiger partial charge in [-0.05, 0) is 48.9 Å². The van der Waals surface area contributed by atoms with E-state index in [1.165, 1.54) is 6.07 Å². The molecule has 150 valence electrons. The topological polar surface area (TPSA) is 56.2 Å². The number of hydrogen-bond donors (Lipinski definition) is 1. The summed E-state index contributed by atoms with van der Waals surface area (Å²) in [6, 6.07) is 21.5. The molecule has 0 unspecified atom stereocenters. The average molecular weight is 401 g/mol. The molecule has 3 aromatic carbocycles. The third-order valence-corrected chi connectivity index (χ3v) is 4.71. The number of carbonyl (C=O) groups excluding carboxylic acids is 1. The zero-order chi connectivity index (χ0) is 21.1. The first-order valence-electron chi connectivity index (χ1n) is 9.43. The zero-order valence-electron chi connectivity index (χ0n) is 16.6. The fourth-order valence-electron chi connectivity index (χ4n) is 3.20. The highest BCUT2D eigenvalue weighted by molar-refractivity contribution is 6.08. The Bertz CT molecular complexity index is 1200. The molecule has 0 bridgehead atoms. The van der Waals surface area contributed by atoms with E-state index in [0.29, 0.717) is 22.6 Å². The van der Waals surface area contributed by atoms with Crippen molar-refractivity contribution in [2.24, 2.45) is 0 Å². The standard InChI is InChI=1S/C24H20FN3O2/c1-16-12-13-21(20(25)14-16)26-24(29)19-15-28(17-8-4-3-5-9-17)27-23(19)18-10-6-7-11-22(18)30-2/h3-15H,1-2H3,(H,26,29). The van der Waals surface area contributed by atoms with Gasteiger partial charge in [-0.15, -0.1) is 0 Å². The van der Waals surface area contributed by atoms with Crippen LogP contribution >= 0.6 is 0 Å². The van der Waals surface area contributed by atoms with E-state index in [1.807, 2.05) is 48.5 Å². The molecule has 0 saturated carbocycles. The summed E-state index contributed by atoms with van der Waals surface area (Å²) in [5, 5.41) is 7.30. The van der Waals surface area contributed by atoms with Crippen LogP contribution in [0.1, 0.15) is 15.9 Å². The van der Waals surface area contributed by atoms with Crippen molar-refractivity contribution in [1.29, 1.82) is 0 Å². The van der Waals surface area contributed by atoms with Gasteiger partial charge in [0.25, 0.3) is 5.91 Å². The van der Waals surface area contributed by atoms with E-state index in [9.17, 15) is 9.18 Å². The predicted molar refractivity (Wildman–Crippen MR) is 115 cm³/mol. The third-order valence-electron chi connectivity index (χ3n) is 4.71. The molecule has 0 spiro atoms. The van der Waals surface area contributed by atoms with Crippen LogP contribution in [-0.2, 0) is 0 Å². The fraction of sp³-hybridized carbons (Fsp3) is 0.0833. The highest BCUT2D eigenvalue weighted by Crippen LogP contribution is 2.32. The summed E-state index contributed by atoms with van der Waals surface area (Å²) in [6.07, 6.45) is 1.64. The summed E-state index contributed by atoms with van der Waals surface area (Å²) in [5.74, 6) is -0.357. The van der Waals surface area contributed by atoms with E-state index >= 15 is 0 Å². The minimum atomic E-state index is -0.488. The van der Waals surface area contributed by atoms with Crippen LogP contribution in [0, 0.1) is 12.7 Å². The number of nitrogens with zero attached hydrogens (tertiary/aromatic N) is 2. The van der Waals surface area contributed by atoms with Gasteiger partial charge in [-0.25, -0.2) is 9.07 Å². The summed E-state index contributed by atoms with van der Waals surface area (Å²) >= 11 is 0. The number of aryl methyl sites for hydroxylation is 1. The van der Waals surface area contributed by atoms with Gasteiger partial charge in [0.1, 0.15) is 17.3 Å². The van der Waals surface area contributed by atoms with E-state index in [4.69, 9.17) is 4.74 Å². The van der Waals surface area contributed by atoms with E-state index in [1.54, 1.807) is 43.1 Å². The molecule has 6 heteroatoms. The van der Waals surface area contributed by atoms with Gasteiger partial charge in [0.15, 0.2) is 0 Å². The minimum absolute atomic E-state index is 0.115. The number of rotatable bonds is 5. The molecule has 0 saturated heterocycles. The van der Waals surface area contributed by atoms with Gasteiger partial charge < -0.3 is 10.1 Å². The van der Waals surface area contributed by atoms with Crippen LogP contribution in [0.25, 0.3) is 16.9 Å². The van der Waals surface area contributed by atoms with Crippen molar-refractivity contribution in [3.63, 3.8) is 0 Å². The second-order valence-electron chi connectivity index (χ2n) is 6.81. The molecular formula is C24H20FN3O2. The number of para-hydroxylation sites is 2. The maximum Gasteiger partial charge on any atom is 0.259 e. The number of amides is 1. The van der Waals surface area contributed by atoms with E-state index < -0.39 is 11.7 Å². The number of aromatic nitrogens is 2. The van der Waals surface area contributed by atoms with Gasteiger partial charge in [-0.1, -0.05) is 36.4 Å².